The molecule has 0 aromatic carbocycles. The molecule has 0 N–H and O–H groups in total. The first-order valence-corrected chi connectivity index (χ1v) is 4.82. The second kappa shape index (κ2) is 7.35. The molecule has 14 heavy (non-hydrogen) atoms. The summed E-state index contributed by atoms with van der Waals surface area (Å²) >= 11 is 0. The minimum Gasteiger partial charge on any atom is -0.469 e. The standard InChI is InChI=1S/C10H18O4/c1-4-5-14-10(12)7-8(2)6-9(11)13-3/h8H,4-7H2,1-3H3. The van der Waals surface area contributed by atoms with Gasteiger partial charge in [-0.2, -0.15) is 0 Å². The Morgan fingerprint density at radius 2 is 1.79 bits per heavy atom. The van der Waals surface area contributed by atoms with E-state index in [9.17, 15) is 9.59 Å². The van der Waals surface area contributed by atoms with Crippen molar-refractivity contribution in [2.24, 2.45) is 5.92 Å². The summed E-state index contributed by atoms with van der Waals surface area (Å²) < 4.78 is 9.38. The molecule has 0 aromatic rings. The third kappa shape index (κ3) is 6.46. The van der Waals surface area contributed by atoms with Crippen LogP contribution in [0.25, 0.3) is 0 Å². The molecule has 4 heteroatoms. The van der Waals surface area contributed by atoms with Crippen LogP contribution in [-0.2, 0) is 19.1 Å². The lowest BCUT2D eigenvalue weighted by atomic mass is 10.0. The van der Waals surface area contributed by atoms with Gasteiger partial charge in [0.1, 0.15) is 0 Å². The summed E-state index contributed by atoms with van der Waals surface area (Å²) in [6.45, 7) is 4.21. The Balaban J connectivity index is 3.65. The number of carbonyl (C=O) groups is 2. The van der Waals surface area contributed by atoms with E-state index in [1.54, 1.807) is 0 Å². The summed E-state index contributed by atoms with van der Waals surface area (Å²) in [5.74, 6) is -0.559. The number of hydrogen-bond acceptors (Lipinski definition) is 4. The lowest BCUT2D eigenvalue weighted by molar-refractivity contribution is -0.146. The predicted octanol–water partition coefficient (Wildman–Crippen LogP) is 1.53. The molecular formula is C10H18O4. The van der Waals surface area contributed by atoms with E-state index < -0.39 is 0 Å². The third-order valence-electron chi connectivity index (χ3n) is 1.73. The Morgan fingerprint density at radius 3 is 2.29 bits per heavy atom. The molecule has 0 aliphatic heterocycles. The van der Waals surface area contributed by atoms with Crippen molar-refractivity contribution in [2.75, 3.05) is 13.7 Å². The maximum absolute atomic E-state index is 11.1. The fraction of sp³-hybridized carbons (Fsp3) is 0.800. The van der Waals surface area contributed by atoms with Gasteiger partial charge in [-0.15, -0.1) is 0 Å². The smallest absolute Gasteiger partial charge is 0.306 e. The molecule has 0 spiro atoms. The van der Waals surface area contributed by atoms with Crippen molar-refractivity contribution in [3.8, 4) is 0 Å². The van der Waals surface area contributed by atoms with Crippen molar-refractivity contribution in [3.05, 3.63) is 0 Å². The molecule has 0 fully saturated rings. The van der Waals surface area contributed by atoms with Gasteiger partial charge >= 0.3 is 11.9 Å². The summed E-state index contributed by atoms with van der Waals surface area (Å²) in [6.07, 6.45) is 1.35. The number of hydrogen-bond donors (Lipinski definition) is 0. The van der Waals surface area contributed by atoms with Crippen LogP contribution >= 0.6 is 0 Å². The van der Waals surface area contributed by atoms with Crippen LogP contribution < -0.4 is 0 Å². The average molecular weight is 202 g/mol. The molecule has 1 atom stereocenters. The first kappa shape index (κ1) is 12.9. The normalized spacial score (nSPS) is 11.9. The van der Waals surface area contributed by atoms with E-state index >= 15 is 0 Å². The highest BCUT2D eigenvalue weighted by molar-refractivity contribution is 5.73. The minimum absolute atomic E-state index is 0.0215. The molecule has 0 aromatic heterocycles. The van der Waals surface area contributed by atoms with E-state index in [1.165, 1.54) is 7.11 Å². The molecule has 0 radical (unpaired) electrons. The van der Waals surface area contributed by atoms with Crippen LogP contribution in [0.3, 0.4) is 0 Å². The van der Waals surface area contributed by atoms with Crippen molar-refractivity contribution in [2.45, 2.75) is 33.1 Å². The van der Waals surface area contributed by atoms with Gasteiger partial charge in [0.25, 0.3) is 0 Å². The van der Waals surface area contributed by atoms with Crippen molar-refractivity contribution in [1.82, 2.24) is 0 Å². The number of methoxy groups -OCH3 is 1. The molecule has 0 heterocycles. The number of ether oxygens (including phenoxy) is 2. The van der Waals surface area contributed by atoms with E-state index in [2.05, 4.69) is 4.74 Å². The van der Waals surface area contributed by atoms with Gasteiger partial charge in [-0.1, -0.05) is 13.8 Å². The molecule has 0 amide bonds. The van der Waals surface area contributed by atoms with Gasteiger partial charge in [0.2, 0.25) is 0 Å². The molecule has 0 rings (SSSR count). The topological polar surface area (TPSA) is 52.6 Å². The van der Waals surface area contributed by atoms with Crippen LogP contribution in [0.4, 0.5) is 0 Å². The number of rotatable bonds is 6. The lowest BCUT2D eigenvalue weighted by Crippen LogP contribution is -2.13. The zero-order chi connectivity index (χ0) is 11.0. The molecule has 0 saturated carbocycles. The molecule has 0 aliphatic carbocycles. The van der Waals surface area contributed by atoms with E-state index in [0.29, 0.717) is 6.61 Å². The van der Waals surface area contributed by atoms with E-state index in [4.69, 9.17) is 4.74 Å². The minimum atomic E-state index is -0.291. The first-order valence-electron chi connectivity index (χ1n) is 4.82. The van der Waals surface area contributed by atoms with Gasteiger partial charge in [-0.05, 0) is 12.3 Å². The Hall–Kier alpha value is -1.06. The lowest BCUT2D eigenvalue weighted by Gasteiger charge is -2.09. The van der Waals surface area contributed by atoms with Gasteiger partial charge in [-0.3, -0.25) is 9.59 Å². The predicted molar refractivity (Wildman–Crippen MR) is 51.7 cm³/mol. The zero-order valence-electron chi connectivity index (χ0n) is 9.04. The number of carbonyl (C=O) groups excluding carboxylic acids is 2. The van der Waals surface area contributed by atoms with E-state index in [0.717, 1.165) is 6.42 Å². The van der Waals surface area contributed by atoms with Crippen LogP contribution in [0.1, 0.15) is 33.1 Å². The monoisotopic (exact) mass is 202 g/mol. The van der Waals surface area contributed by atoms with Gasteiger partial charge < -0.3 is 9.47 Å². The fourth-order valence-electron chi connectivity index (χ4n) is 0.999. The van der Waals surface area contributed by atoms with Crippen molar-refractivity contribution in [3.63, 3.8) is 0 Å². The summed E-state index contributed by atoms with van der Waals surface area (Å²) in [6, 6.07) is 0. The molecule has 0 aliphatic rings. The highest BCUT2D eigenvalue weighted by Crippen LogP contribution is 2.09. The molecule has 4 nitrogen and oxygen atoms in total. The molecule has 0 saturated heterocycles. The maximum atomic E-state index is 11.1. The maximum Gasteiger partial charge on any atom is 0.306 e. The van der Waals surface area contributed by atoms with E-state index in [1.807, 2.05) is 13.8 Å². The Bertz CT molecular complexity index is 189. The Labute approximate surface area is 84.6 Å². The van der Waals surface area contributed by atoms with Crippen LogP contribution in [0.5, 0.6) is 0 Å². The summed E-state index contributed by atoms with van der Waals surface area (Å²) in [7, 11) is 1.34. The molecular weight excluding hydrogens is 184 g/mol. The van der Waals surface area contributed by atoms with Crippen molar-refractivity contribution < 1.29 is 19.1 Å². The van der Waals surface area contributed by atoms with E-state index in [-0.39, 0.29) is 30.7 Å². The SMILES string of the molecule is CCCOC(=O)CC(C)CC(=O)OC. The quantitative estimate of drug-likeness (QED) is 0.613. The van der Waals surface area contributed by atoms with Gasteiger partial charge in [0.15, 0.2) is 0 Å². The highest BCUT2D eigenvalue weighted by atomic mass is 16.5. The summed E-state index contributed by atoms with van der Waals surface area (Å²) in [5.41, 5.74) is 0. The van der Waals surface area contributed by atoms with Crippen LogP contribution in [0, 0.1) is 5.92 Å². The van der Waals surface area contributed by atoms with Crippen LogP contribution in [0.15, 0.2) is 0 Å². The van der Waals surface area contributed by atoms with Gasteiger partial charge in [0, 0.05) is 12.8 Å². The van der Waals surface area contributed by atoms with Crippen molar-refractivity contribution >= 4 is 11.9 Å². The molecule has 0 bridgehead atoms. The van der Waals surface area contributed by atoms with Crippen molar-refractivity contribution in [1.29, 1.82) is 0 Å². The van der Waals surface area contributed by atoms with Gasteiger partial charge in [0.05, 0.1) is 13.7 Å². The molecule has 82 valence electrons. The first-order chi connectivity index (χ1) is 6.60. The highest BCUT2D eigenvalue weighted by Gasteiger charge is 2.14. The largest absolute Gasteiger partial charge is 0.469 e. The third-order valence-corrected chi connectivity index (χ3v) is 1.73. The number of esters is 2. The zero-order valence-corrected chi connectivity index (χ0v) is 9.04. The van der Waals surface area contributed by atoms with Crippen LogP contribution in [0.2, 0.25) is 0 Å². The summed E-state index contributed by atoms with van der Waals surface area (Å²) in [5, 5.41) is 0. The van der Waals surface area contributed by atoms with Crippen LogP contribution in [-0.4, -0.2) is 25.7 Å². The molecule has 1 unspecified atom stereocenters. The Morgan fingerprint density at radius 1 is 1.21 bits per heavy atom. The summed E-state index contributed by atoms with van der Waals surface area (Å²) in [4.78, 5) is 22.0. The second-order valence-corrected chi connectivity index (χ2v) is 3.31. The second-order valence-electron chi connectivity index (χ2n) is 3.31. The fourth-order valence-corrected chi connectivity index (χ4v) is 0.999. The average Bonchev–Trinajstić information content (AvgIpc) is 2.14. The Kier molecular flexibility index (Phi) is 6.80. The van der Waals surface area contributed by atoms with Gasteiger partial charge in [-0.25, -0.2) is 0 Å².